The molecule has 0 aliphatic heterocycles. The summed E-state index contributed by atoms with van der Waals surface area (Å²) >= 11 is 0. The summed E-state index contributed by atoms with van der Waals surface area (Å²) in [5.74, 6) is -1.31. The van der Waals surface area contributed by atoms with Gasteiger partial charge < -0.3 is 15.3 Å². The number of carbonyl (C=O) groups is 1. The van der Waals surface area contributed by atoms with Gasteiger partial charge in [-0.05, 0) is 0 Å². The minimum absolute atomic E-state index is 0.241. The Labute approximate surface area is 68.4 Å². The maximum atomic E-state index is 10.4. The second-order valence-electron chi connectivity index (χ2n) is 2.43. The Kier molecular flexibility index (Phi) is 2.39. The second kappa shape index (κ2) is 3.31. The van der Waals surface area contributed by atoms with Crippen molar-refractivity contribution in [2.45, 2.75) is 18.9 Å². The molecule has 0 saturated heterocycles. The van der Waals surface area contributed by atoms with Gasteiger partial charge in [-0.25, -0.2) is 0 Å². The molecule has 1 rings (SSSR count). The van der Waals surface area contributed by atoms with Crippen LogP contribution in [0.5, 0.6) is 0 Å². The van der Waals surface area contributed by atoms with Crippen molar-refractivity contribution in [3.8, 4) is 0 Å². The number of hydrogen-bond donors (Lipinski definition) is 2. The van der Waals surface area contributed by atoms with E-state index in [0.717, 1.165) is 6.39 Å². The summed E-state index contributed by atoms with van der Waals surface area (Å²) in [4.78, 5) is 10.4. The van der Waals surface area contributed by atoms with E-state index in [9.17, 15) is 4.79 Å². The Balaban J connectivity index is 2.71. The van der Waals surface area contributed by atoms with Gasteiger partial charge in [-0.3, -0.25) is 4.79 Å². The van der Waals surface area contributed by atoms with E-state index >= 15 is 0 Å². The number of rotatable bonds is 3. The van der Waals surface area contributed by atoms with Crippen LogP contribution in [0, 0.1) is 0 Å². The molecule has 1 unspecified atom stereocenters. The molecule has 6 nitrogen and oxygen atoms in total. The molecular weight excluding hydrogens is 162 g/mol. The van der Waals surface area contributed by atoms with Gasteiger partial charge in [-0.1, -0.05) is 6.92 Å². The Morgan fingerprint density at radius 3 is 2.92 bits per heavy atom. The van der Waals surface area contributed by atoms with E-state index in [0.29, 0.717) is 0 Å². The smallest absolute Gasteiger partial charge is 0.321 e. The molecule has 2 atom stereocenters. The first kappa shape index (κ1) is 8.66. The van der Waals surface area contributed by atoms with Crippen molar-refractivity contribution in [1.82, 2.24) is 10.2 Å². The summed E-state index contributed by atoms with van der Waals surface area (Å²) in [6.07, 6.45) is 1.14. The number of nitrogens with zero attached hydrogens (tertiary/aromatic N) is 2. The third kappa shape index (κ3) is 1.59. The Morgan fingerprint density at radius 1 is 1.83 bits per heavy atom. The minimum Gasteiger partial charge on any atom is -0.480 e. The molecule has 0 bridgehead atoms. The number of nitrogens with two attached hydrogens (primary N) is 1. The average molecular weight is 171 g/mol. The average Bonchev–Trinajstić information content (AvgIpc) is 2.53. The Hall–Kier alpha value is -1.43. The van der Waals surface area contributed by atoms with Crippen LogP contribution in [0.2, 0.25) is 0 Å². The van der Waals surface area contributed by atoms with Crippen molar-refractivity contribution >= 4 is 5.97 Å². The highest BCUT2D eigenvalue weighted by Gasteiger charge is 2.25. The Morgan fingerprint density at radius 2 is 2.50 bits per heavy atom. The molecule has 6 heteroatoms. The highest BCUT2D eigenvalue weighted by Crippen LogP contribution is 2.14. The monoisotopic (exact) mass is 171 g/mol. The summed E-state index contributed by atoms with van der Waals surface area (Å²) in [7, 11) is 0. The van der Waals surface area contributed by atoms with Crippen molar-refractivity contribution in [3.63, 3.8) is 0 Å². The van der Waals surface area contributed by atoms with Crippen LogP contribution in [0.4, 0.5) is 0 Å². The number of aliphatic carboxylic acids is 1. The lowest BCUT2D eigenvalue weighted by Gasteiger charge is -2.10. The first-order valence-corrected chi connectivity index (χ1v) is 3.37. The fraction of sp³-hybridized carbons (Fsp3) is 0.500. The molecule has 0 spiro atoms. The first-order chi connectivity index (χ1) is 5.63. The molecule has 1 aromatic rings. The zero-order valence-corrected chi connectivity index (χ0v) is 6.47. The Bertz CT molecular complexity index is 259. The summed E-state index contributed by atoms with van der Waals surface area (Å²) in [5, 5.41) is 15.5. The highest BCUT2D eigenvalue weighted by molar-refractivity contribution is 5.74. The fourth-order valence-electron chi connectivity index (χ4n) is 0.747. The SMILES string of the molecule is CC(c1nnco1)[C@H](N)C(=O)O. The first-order valence-electron chi connectivity index (χ1n) is 3.37. The lowest BCUT2D eigenvalue weighted by molar-refractivity contribution is -0.139. The molecule has 0 fully saturated rings. The predicted octanol–water partition coefficient (Wildman–Crippen LogP) is -0.415. The standard InChI is InChI=1S/C6H9N3O3/c1-3(4(7)6(10)11)5-9-8-2-12-5/h2-4H,7H2,1H3,(H,10,11)/t3?,4-/m0/s1. The molecule has 0 amide bonds. The number of carboxylic acids is 1. The number of hydrogen-bond acceptors (Lipinski definition) is 5. The quantitative estimate of drug-likeness (QED) is 0.640. The zero-order valence-electron chi connectivity index (χ0n) is 6.47. The molecule has 0 radical (unpaired) electrons. The van der Waals surface area contributed by atoms with E-state index in [1.807, 2.05) is 0 Å². The second-order valence-corrected chi connectivity index (χ2v) is 2.43. The van der Waals surface area contributed by atoms with E-state index in [4.69, 9.17) is 15.3 Å². The van der Waals surface area contributed by atoms with Crippen molar-refractivity contribution in [3.05, 3.63) is 12.3 Å². The van der Waals surface area contributed by atoms with E-state index < -0.39 is 17.9 Å². The van der Waals surface area contributed by atoms with E-state index in [2.05, 4.69) is 10.2 Å². The van der Waals surface area contributed by atoms with Crippen LogP contribution in [-0.2, 0) is 4.79 Å². The molecule has 0 aromatic carbocycles. The van der Waals surface area contributed by atoms with Gasteiger partial charge in [-0.15, -0.1) is 10.2 Å². The minimum atomic E-state index is -1.08. The molecule has 12 heavy (non-hydrogen) atoms. The topological polar surface area (TPSA) is 102 Å². The van der Waals surface area contributed by atoms with E-state index in [1.54, 1.807) is 6.92 Å². The third-order valence-corrected chi connectivity index (χ3v) is 1.59. The normalized spacial score (nSPS) is 15.5. The molecule has 0 aliphatic rings. The molecule has 0 saturated carbocycles. The van der Waals surface area contributed by atoms with Crippen LogP contribution < -0.4 is 5.73 Å². The summed E-state index contributed by atoms with van der Waals surface area (Å²) in [6, 6.07) is -1.01. The lowest BCUT2D eigenvalue weighted by atomic mass is 10.0. The van der Waals surface area contributed by atoms with Crippen LogP contribution >= 0.6 is 0 Å². The molecule has 1 aromatic heterocycles. The van der Waals surface area contributed by atoms with Crippen molar-refractivity contribution in [2.75, 3.05) is 0 Å². The maximum absolute atomic E-state index is 10.4. The van der Waals surface area contributed by atoms with Gasteiger partial charge in [0.2, 0.25) is 12.3 Å². The highest BCUT2D eigenvalue weighted by atomic mass is 16.4. The van der Waals surface area contributed by atoms with Gasteiger partial charge in [0, 0.05) is 0 Å². The van der Waals surface area contributed by atoms with Crippen molar-refractivity contribution in [1.29, 1.82) is 0 Å². The van der Waals surface area contributed by atoms with Gasteiger partial charge in [0.1, 0.15) is 6.04 Å². The van der Waals surface area contributed by atoms with Gasteiger partial charge in [0.05, 0.1) is 5.92 Å². The van der Waals surface area contributed by atoms with Crippen LogP contribution in [0.3, 0.4) is 0 Å². The van der Waals surface area contributed by atoms with Gasteiger partial charge in [0.25, 0.3) is 0 Å². The predicted molar refractivity (Wildman–Crippen MR) is 38.3 cm³/mol. The lowest BCUT2D eigenvalue weighted by Crippen LogP contribution is -2.35. The van der Waals surface area contributed by atoms with Crippen LogP contribution in [-0.4, -0.2) is 27.3 Å². The van der Waals surface area contributed by atoms with Crippen LogP contribution in [0.1, 0.15) is 18.7 Å². The van der Waals surface area contributed by atoms with Crippen molar-refractivity contribution < 1.29 is 14.3 Å². The number of carboxylic acid groups (broad SMARTS) is 1. The summed E-state index contributed by atoms with van der Waals surface area (Å²) < 4.78 is 4.80. The molecule has 66 valence electrons. The summed E-state index contributed by atoms with van der Waals surface area (Å²) in [5.41, 5.74) is 5.32. The summed E-state index contributed by atoms with van der Waals surface area (Å²) in [6.45, 7) is 1.62. The molecule has 0 aliphatic carbocycles. The molecule has 1 heterocycles. The van der Waals surface area contributed by atoms with Crippen LogP contribution in [0.25, 0.3) is 0 Å². The maximum Gasteiger partial charge on any atom is 0.321 e. The van der Waals surface area contributed by atoms with Crippen LogP contribution in [0.15, 0.2) is 10.8 Å². The van der Waals surface area contributed by atoms with E-state index in [-0.39, 0.29) is 5.89 Å². The fourth-order valence-corrected chi connectivity index (χ4v) is 0.747. The third-order valence-electron chi connectivity index (χ3n) is 1.59. The van der Waals surface area contributed by atoms with E-state index in [1.165, 1.54) is 0 Å². The zero-order chi connectivity index (χ0) is 9.14. The molecular formula is C6H9N3O3. The van der Waals surface area contributed by atoms with Gasteiger partial charge in [-0.2, -0.15) is 0 Å². The van der Waals surface area contributed by atoms with Crippen molar-refractivity contribution in [2.24, 2.45) is 5.73 Å². The largest absolute Gasteiger partial charge is 0.480 e. The van der Waals surface area contributed by atoms with Gasteiger partial charge in [0.15, 0.2) is 0 Å². The van der Waals surface area contributed by atoms with Gasteiger partial charge >= 0.3 is 5.97 Å². The molecule has 3 N–H and O–H groups in total. The number of aromatic nitrogens is 2.